The minimum Gasteiger partial charge on any atom is -0.512 e. The second-order valence-corrected chi connectivity index (χ2v) is 8.29. The summed E-state index contributed by atoms with van der Waals surface area (Å²) in [4.78, 5) is 28.7. The molecule has 1 N–H and O–H groups in total. The van der Waals surface area contributed by atoms with Gasteiger partial charge in [0.1, 0.15) is 46.3 Å². The van der Waals surface area contributed by atoms with Gasteiger partial charge in [-0.2, -0.15) is 13.2 Å². The van der Waals surface area contributed by atoms with Crippen LogP contribution >= 0.6 is 0 Å². The third-order valence-electron chi connectivity index (χ3n) is 5.02. The van der Waals surface area contributed by atoms with Gasteiger partial charge in [-0.15, -0.1) is 13.2 Å². The molecule has 0 unspecified atom stereocenters. The number of aromatic nitrogens is 1. The molecule has 2 aromatic carbocycles. The maximum absolute atomic E-state index is 15.2. The number of hydrogen-bond donors (Lipinski definition) is 1. The Labute approximate surface area is 236 Å². The molecule has 6 radical (unpaired) electrons. The first-order valence-corrected chi connectivity index (χ1v) is 11.2. The van der Waals surface area contributed by atoms with E-state index in [-0.39, 0.29) is 23.1 Å². The standard InChI is InChI=1S/C24H14B3F7N2O6/c1-10-13(5-6-14(35-10)21(38)39-2)36-20(37)18-16(8-4-12(19(18)28)22(29,30)31)40-15-7-3-11(41-24(32,33)34)9-17(15)42-23(25,26)27/h3-9H,1-2H3,(H,36,37). The molecule has 1 amide bonds. The van der Waals surface area contributed by atoms with Gasteiger partial charge in [-0.25, -0.2) is 14.2 Å². The molecule has 0 aliphatic heterocycles. The normalized spacial score (nSPS) is 11.9. The number of methoxy groups -OCH3 is 1. The van der Waals surface area contributed by atoms with Gasteiger partial charge in [0.2, 0.25) is 0 Å². The molecule has 1 heterocycles. The van der Waals surface area contributed by atoms with Gasteiger partial charge >= 0.3 is 18.5 Å². The molecular weight excluding hydrogens is 578 g/mol. The number of benzene rings is 2. The molecule has 3 rings (SSSR count). The van der Waals surface area contributed by atoms with E-state index in [1.807, 2.05) is 0 Å². The van der Waals surface area contributed by atoms with Crippen LogP contribution in [0.4, 0.5) is 36.4 Å². The van der Waals surface area contributed by atoms with Gasteiger partial charge < -0.3 is 24.3 Å². The number of aryl methyl sites for hydroxylation is 1. The number of carbonyl (C=O) groups is 2. The molecule has 42 heavy (non-hydrogen) atoms. The second-order valence-electron chi connectivity index (χ2n) is 8.29. The molecule has 1 aromatic heterocycles. The molecule has 0 spiro atoms. The highest BCUT2D eigenvalue weighted by Crippen LogP contribution is 2.41. The van der Waals surface area contributed by atoms with Crippen molar-refractivity contribution in [3.63, 3.8) is 0 Å². The lowest BCUT2D eigenvalue weighted by Gasteiger charge is -2.25. The van der Waals surface area contributed by atoms with Crippen molar-refractivity contribution in [3.8, 4) is 23.0 Å². The average Bonchev–Trinajstić information content (AvgIpc) is 2.83. The number of rotatable bonds is 8. The molecule has 0 saturated carbocycles. The molecule has 0 bridgehead atoms. The van der Waals surface area contributed by atoms with Crippen LogP contribution in [0.25, 0.3) is 0 Å². The van der Waals surface area contributed by atoms with Crippen molar-refractivity contribution in [1.29, 1.82) is 0 Å². The summed E-state index contributed by atoms with van der Waals surface area (Å²) in [7, 11) is 17.1. The number of carbonyl (C=O) groups excluding carboxylic acids is 2. The zero-order chi connectivity index (χ0) is 31.6. The first-order chi connectivity index (χ1) is 19.3. The number of anilines is 1. The van der Waals surface area contributed by atoms with Crippen LogP contribution in [0.1, 0.15) is 32.1 Å². The Bertz CT molecular complexity index is 1510. The Kier molecular flexibility index (Phi) is 9.08. The summed E-state index contributed by atoms with van der Waals surface area (Å²) in [5.41, 5.74) is -3.41. The minimum absolute atomic E-state index is 0.00205. The lowest BCUT2D eigenvalue weighted by atomic mass is 9.52. The predicted molar refractivity (Wildman–Crippen MR) is 133 cm³/mol. The average molecular weight is 592 g/mol. The molecular formula is C24H14B3F7N2O6. The Morgan fingerprint density at radius 2 is 1.52 bits per heavy atom. The number of nitrogens with zero attached hydrogens (tertiary/aromatic N) is 1. The molecule has 0 atom stereocenters. The third kappa shape index (κ3) is 8.10. The highest BCUT2D eigenvalue weighted by Gasteiger charge is 2.38. The number of halogens is 7. The fraction of sp³-hybridized carbons (Fsp3) is 0.208. The van der Waals surface area contributed by atoms with Gasteiger partial charge in [0.25, 0.3) is 5.91 Å². The lowest BCUT2D eigenvalue weighted by Crippen LogP contribution is -2.37. The van der Waals surface area contributed by atoms with E-state index in [0.717, 1.165) is 25.3 Å². The quantitative estimate of drug-likeness (QED) is 0.229. The number of pyridine rings is 1. The maximum Gasteiger partial charge on any atom is 0.573 e. The summed E-state index contributed by atoms with van der Waals surface area (Å²) in [5, 5.41) is -0.346. The van der Waals surface area contributed by atoms with Crippen LogP contribution < -0.4 is 19.5 Å². The smallest absolute Gasteiger partial charge is 0.512 e. The monoisotopic (exact) mass is 592 g/mol. The molecule has 18 heteroatoms. The SMILES string of the molecule is [B]C([B])([B])Oc1cc(OC(F)(F)F)ccc1Oc1ccc(C(F)(F)F)c(F)c1C(=O)Nc1ccc(C(=O)OC)nc1C. The van der Waals surface area contributed by atoms with E-state index < -0.39 is 69.7 Å². The van der Waals surface area contributed by atoms with E-state index >= 15 is 4.39 Å². The molecule has 0 fully saturated rings. The molecule has 3 aromatic rings. The minimum atomic E-state index is -5.25. The van der Waals surface area contributed by atoms with E-state index in [2.05, 4.69) is 19.8 Å². The van der Waals surface area contributed by atoms with Crippen molar-refractivity contribution in [2.45, 2.75) is 24.8 Å². The van der Waals surface area contributed by atoms with Crippen molar-refractivity contribution in [1.82, 2.24) is 4.98 Å². The van der Waals surface area contributed by atoms with Crippen molar-refractivity contribution < 1.29 is 59.3 Å². The van der Waals surface area contributed by atoms with Crippen LogP contribution in [-0.4, -0.2) is 59.2 Å². The van der Waals surface area contributed by atoms with Crippen molar-refractivity contribution in [3.05, 3.63) is 70.8 Å². The largest absolute Gasteiger partial charge is 0.573 e. The van der Waals surface area contributed by atoms with Crippen molar-refractivity contribution in [2.75, 3.05) is 12.4 Å². The Morgan fingerprint density at radius 1 is 0.881 bits per heavy atom. The lowest BCUT2D eigenvalue weighted by molar-refractivity contribution is -0.274. The van der Waals surface area contributed by atoms with E-state index in [1.165, 1.54) is 6.92 Å². The van der Waals surface area contributed by atoms with Gasteiger partial charge in [0.15, 0.2) is 17.3 Å². The van der Waals surface area contributed by atoms with Gasteiger partial charge in [-0.1, -0.05) is 0 Å². The highest BCUT2D eigenvalue weighted by atomic mass is 19.4. The summed E-state index contributed by atoms with van der Waals surface area (Å²) in [6.45, 7) is 1.33. The maximum atomic E-state index is 15.2. The molecule has 0 saturated heterocycles. The zero-order valence-corrected chi connectivity index (χ0v) is 21.3. The summed E-state index contributed by atoms with van der Waals surface area (Å²) < 4.78 is 112. The van der Waals surface area contributed by atoms with Crippen LogP contribution in [0, 0.1) is 12.7 Å². The first kappa shape index (κ1) is 32.2. The van der Waals surface area contributed by atoms with E-state index in [1.54, 1.807) is 0 Å². The number of esters is 1. The predicted octanol–water partition coefficient (Wildman–Crippen LogP) is 4.77. The van der Waals surface area contributed by atoms with Gasteiger partial charge in [0, 0.05) is 6.07 Å². The number of hydrogen-bond acceptors (Lipinski definition) is 7. The van der Waals surface area contributed by atoms with E-state index in [9.17, 15) is 35.9 Å². The van der Waals surface area contributed by atoms with Gasteiger partial charge in [-0.3, -0.25) is 4.79 Å². The van der Waals surface area contributed by atoms with E-state index in [4.69, 9.17) is 33.0 Å². The molecule has 8 nitrogen and oxygen atoms in total. The fourth-order valence-electron chi connectivity index (χ4n) is 3.33. The zero-order valence-electron chi connectivity index (χ0n) is 21.3. The van der Waals surface area contributed by atoms with Gasteiger partial charge in [0.05, 0.1) is 24.1 Å². The number of nitrogens with one attached hydrogen (secondary N) is 1. The third-order valence-corrected chi connectivity index (χ3v) is 5.02. The van der Waals surface area contributed by atoms with Crippen LogP contribution in [0.3, 0.4) is 0 Å². The summed E-state index contributed by atoms with van der Waals surface area (Å²) in [6, 6.07) is 5.19. The van der Waals surface area contributed by atoms with Gasteiger partial charge in [-0.05, 0) is 48.6 Å². The fourth-order valence-corrected chi connectivity index (χ4v) is 3.33. The summed E-state index contributed by atoms with van der Waals surface area (Å²) in [6.07, 6.45) is -10.4. The second kappa shape index (κ2) is 11.9. The highest BCUT2D eigenvalue weighted by molar-refractivity contribution is 6.58. The molecule has 0 aliphatic carbocycles. The Balaban J connectivity index is 2.10. The van der Waals surface area contributed by atoms with Crippen molar-refractivity contribution in [2.24, 2.45) is 0 Å². The number of ether oxygens (including phenoxy) is 4. The Hall–Kier alpha value is -4.37. The number of alkyl halides is 6. The molecule has 0 aliphatic rings. The van der Waals surface area contributed by atoms with Crippen LogP contribution in [0.5, 0.6) is 23.0 Å². The van der Waals surface area contributed by atoms with E-state index in [0.29, 0.717) is 18.2 Å². The van der Waals surface area contributed by atoms with Crippen LogP contribution in [0.15, 0.2) is 42.5 Å². The van der Waals surface area contributed by atoms with Crippen LogP contribution in [0.2, 0.25) is 0 Å². The molecule has 214 valence electrons. The summed E-state index contributed by atoms with van der Waals surface area (Å²) >= 11 is 0. The number of amides is 1. The van der Waals surface area contributed by atoms with Crippen LogP contribution in [-0.2, 0) is 10.9 Å². The summed E-state index contributed by atoms with van der Waals surface area (Å²) in [5.74, 6) is -7.39. The topological polar surface area (TPSA) is 96.0 Å². The van der Waals surface area contributed by atoms with Crippen molar-refractivity contribution >= 4 is 41.1 Å². The first-order valence-electron chi connectivity index (χ1n) is 11.2. The Morgan fingerprint density at radius 3 is 2.07 bits per heavy atom.